The molecule has 1 radical (unpaired) electrons. The average molecular weight is 823 g/mol. The topological polar surface area (TPSA) is 51.6 Å². The fourth-order valence-electron chi connectivity index (χ4n) is 6.27. The summed E-state index contributed by atoms with van der Waals surface area (Å²) in [5.74, 6) is 0. The van der Waals surface area contributed by atoms with Crippen molar-refractivity contribution in [2.24, 2.45) is 0 Å². The molecule has 0 N–H and O–H groups in total. The zero-order valence-corrected chi connectivity index (χ0v) is 30.5. The minimum atomic E-state index is 0. The predicted octanol–water partition coefficient (Wildman–Crippen LogP) is 11.0. The minimum Gasteiger partial charge on any atom is -0.305 e. The van der Waals surface area contributed by atoms with Crippen LogP contribution in [0.3, 0.4) is 0 Å². The Kier molecular flexibility index (Phi) is 10.8. The molecule has 0 aliphatic carbocycles. The van der Waals surface area contributed by atoms with Gasteiger partial charge in [0.05, 0.1) is 5.52 Å². The van der Waals surface area contributed by atoms with Crippen molar-refractivity contribution in [3.8, 4) is 55.9 Å². The van der Waals surface area contributed by atoms with Crippen LogP contribution in [0.25, 0.3) is 66.8 Å². The van der Waals surface area contributed by atoms with E-state index in [0.29, 0.717) is 0 Å². The summed E-state index contributed by atoms with van der Waals surface area (Å²) < 4.78 is 0. The van der Waals surface area contributed by atoms with E-state index in [4.69, 9.17) is 4.98 Å². The van der Waals surface area contributed by atoms with Gasteiger partial charge in [-0.1, -0.05) is 83.9 Å². The summed E-state index contributed by atoms with van der Waals surface area (Å²) in [5, 5.41) is 1.04. The third-order valence-electron chi connectivity index (χ3n) is 8.65. The van der Waals surface area contributed by atoms with Gasteiger partial charge in [0.2, 0.25) is 0 Å². The molecule has 0 atom stereocenters. The van der Waals surface area contributed by atoms with Crippen LogP contribution in [-0.2, 0) is 20.1 Å². The molecule has 3 aromatic heterocycles. The molecule has 0 unspecified atom stereocenters. The van der Waals surface area contributed by atoms with E-state index in [1.807, 2.05) is 67.0 Å². The van der Waals surface area contributed by atoms with E-state index in [1.165, 1.54) is 33.4 Å². The Balaban J connectivity index is 0.000000260. The van der Waals surface area contributed by atoms with Gasteiger partial charge in [-0.25, -0.2) is 9.97 Å². The number of benzene rings is 5. The molecular formula is C45H34IrN4-2. The standard InChI is InChI=1S/C33H24N3.C12H10N.Ir/c1-22-14-15-27(23(2)32(22)24-9-4-3-5-10-24)29-17-16-28(33-30(29)20-34-21-36-33)25-11-8-12-26(19-25)31-13-6-7-18-35-31;1-10-7-8-13-12(9-10)11-5-3-2-4-6-11;/h3-11,13-21H,1-2H3;2-5,7-9H,1H3;/q2*-1;. The van der Waals surface area contributed by atoms with Crippen LogP contribution in [0.5, 0.6) is 0 Å². The van der Waals surface area contributed by atoms with Gasteiger partial charge in [0.1, 0.15) is 6.33 Å². The van der Waals surface area contributed by atoms with Crippen molar-refractivity contribution >= 4 is 10.9 Å². The summed E-state index contributed by atoms with van der Waals surface area (Å²) in [6.45, 7) is 6.45. The molecule has 0 amide bonds. The Labute approximate surface area is 307 Å². The van der Waals surface area contributed by atoms with Gasteiger partial charge in [-0.2, -0.15) is 0 Å². The number of rotatable bonds is 5. The van der Waals surface area contributed by atoms with Gasteiger partial charge in [-0.15, -0.1) is 65.7 Å². The predicted molar refractivity (Wildman–Crippen MR) is 201 cm³/mol. The van der Waals surface area contributed by atoms with Crippen LogP contribution in [0.4, 0.5) is 0 Å². The molecule has 0 fully saturated rings. The van der Waals surface area contributed by atoms with E-state index in [9.17, 15) is 0 Å². The first-order valence-corrected chi connectivity index (χ1v) is 16.3. The van der Waals surface area contributed by atoms with Crippen LogP contribution in [0.1, 0.15) is 16.7 Å². The van der Waals surface area contributed by atoms with Crippen molar-refractivity contribution in [3.63, 3.8) is 0 Å². The monoisotopic (exact) mass is 823 g/mol. The van der Waals surface area contributed by atoms with Gasteiger partial charge in [-0.05, 0) is 83.2 Å². The number of fused-ring (bicyclic) bond motifs is 1. The Morgan fingerprint density at radius 2 is 1.30 bits per heavy atom. The second-order valence-corrected chi connectivity index (χ2v) is 11.9. The van der Waals surface area contributed by atoms with Gasteiger partial charge in [0, 0.05) is 44.1 Å². The first kappa shape index (κ1) is 34.3. The summed E-state index contributed by atoms with van der Waals surface area (Å²) in [7, 11) is 0. The van der Waals surface area contributed by atoms with Crippen molar-refractivity contribution in [2.45, 2.75) is 20.8 Å². The van der Waals surface area contributed by atoms with Gasteiger partial charge >= 0.3 is 0 Å². The molecule has 0 bridgehead atoms. The average Bonchev–Trinajstić information content (AvgIpc) is 3.16. The van der Waals surface area contributed by atoms with Crippen molar-refractivity contribution in [1.82, 2.24) is 19.9 Å². The Hall–Kier alpha value is -5.61. The molecule has 5 heteroatoms. The molecule has 50 heavy (non-hydrogen) atoms. The van der Waals surface area contributed by atoms with Gasteiger partial charge in [0.25, 0.3) is 0 Å². The summed E-state index contributed by atoms with van der Waals surface area (Å²) in [4.78, 5) is 17.9. The second kappa shape index (κ2) is 15.7. The molecule has 0 spiro atoms. The molecule has 8 rings (SSSR count). The number of pyridine rings is 2. The van der Waals surface area contributed by atoms with Crippen molar-refractivity contribution in [3.05, 3.63) is 181 Å². The summed E-state index contributed by atoms with van der Waals surface area (Å²) in [5.41, 5.74) is 15.6. The van der Waals surface area contributed by atoms with E-state index < -0.39 is 0 Å². The Morgan fingerprint density at radius 3 is 2.08 bits per heavy atom. The fraction of sp³-hybridized carbons (Fsp3) is 0.0667. The van der Waals surface area contributed by atoms with Gasteiger partial charge < -0.3 is 9.97 Å². The van der Waals surface area contributed by atoms with E-state index in [-0.39, 0.29) is 20.1 Å². The number of nitrogens with zero attached hydrogens (tertiary/aromatic N) is 4. The molecule has 0 aliphatic rings. The summed E-state index contributed by atoms with van der Waals surface area (Å²) in [6, 6.07) is 49.9. The van der Waals surface area contributed by atoms with Crippen molar-refractivity contribution < 1.29 is 20.1 Å². The van der Waals surface area contributed by atoms with Crippen LogP contribution in [-0.4, -0.2) is 19.9 Å². The zero-order valence-electron chi connectivity index (χ0n) is 28.1. The Bertz CT molecular complexity index is 2360. The number of aryl methyl sites for hydroxylation is 2. The maximum absolute atomic E-state index is 4.74. The molecule has 0 aliphatic heterocycles. The van der Waals surface area contributed by atoms with E-state index in [0.717, 1.165) is 50.1 Å². The quantitative estimate of drug-likeness (QED) is 0.162. The first-order valence-electron chi connectivity index (χ1n) is 16.3. The minimum absolute atomic E-state index is 0. The second-order valence-electron chi connectivity index (χ2n) is 11.9. The van der Waals surface area contributed by atoms with Crippen LogP contribution in [0, 0.1) is 32.9 Å². The number of hydrogen-bond acceptors (Lipinski definition) is 4. The van der Waals surface area contributed by atoms with E-state index in [1.54, 1.807) is 12.5 Å². The van der Waals surface area contributed by atoms with Crippen LogP contribution in [0.2, 0.25) is 0 Å². The van der Waals surface area contributed by atoms with Crippen molar-refractivity contribution in [2.75, 3.05) is 0 Å². The molecule has 5 aromatic carbocycles. The maximum atomic E-state index is 4.74. The summed E-state index contributed by atoms with van der Waals surface area (Å²) in [6.07, 6.45) is 7.19. The van der Waals surface area contributed by atoms with Gasteiger partial charge in [-0.3, -0.25) is 0 Å². The van der Waals surface area contributed by atoms with E-state index >= 15 is 0 Å². The third kappa shape index (κ3) is 7.35. The smallest absolute Gasteiger partial charge is 0.116 e. The van der Waals surface area contributed by atoms with Crippen LogP contribution in [0.15, 0.2) is 152 Å². The molecular weight excluding hydrogens is 789 g/mol. The normalized spacial score (nSPS) is 10.5. The largest absolute Gasteiger partial charge is 0.305 e. The molecule has 4 nitrogen and oxygen atoms in total. The first-order chi connectivity index (χ1) is 24.1. The van der Waals surface area contributed by atoms with Crippen LogP contribution >= 0.6 is 0 Å². The molecule has 0 saturated carbocycles. The maximum Gasteiger partial charge on any atom is 0.116 e. The summed E-state index contributed by atoms with van der Waals surface area (Å²) >= 11 is 0. The molecule has 3 heterocycles. The molecule has 0 saturated heterocycles. The van der Waals surface area contributed by atoms with Gasteiger partial charge in [0.15, 0.2) is 0 Å². The van der Waals surface area contributed by atoms with Crippen LogP contribution < -0.4 is 0 Å². The number of aromatic nitrogens is 4. The fourth-order valence-corrected chi connectivity index (χ4v) is 6.27. The van der Waals surface area contributed by atoms with Crippen molar-refractivity contribution in [1.29, 1.82) is 0 Å². The Morgan fingerprint density at radius 1 is 0.540 bits per heavy atom. The SMILES string of the molecule is Cc1ccc(-c2ccc(-c3cc[c-]c(-c4ccccn4)c3)c3ncncc23)c(C)c1-c1ccccc1.Cc1ccnc(-c2[c-]cccc2)c1.[Ir]. The molecule has 8 aromatic rings. The third-order valence-corrected chi connectivity index (χ3v) is 8.65. The van der Waals surface area contributed by atoms with E-state index in [2.05, 4.69) is 121 Å². The zero-order chi connectivity index (χ0) is 33.6. The molecule has 245 valence electrons. The number of hydrogen-bond donors (Lipinski definition) is 0.